The summed E-state index contributed by atoms with van der Waals surface area (Å²) in [5, 5.41) is 12.2. The Bertz CT molecular complexity index is 994. The van der Waals surface area contributed by atoms with Crippen LogP contribution in [-0.2, 0) is 0 Å². The monoisotopic (exact) mass is 288 g/mol. The van der Waals surface area contributed by atoms with Crippen molar-refractivity contribution in [3.8, 4) is 11.1 Å². The Balaban J connectivity index is 1.92. The van der Waals surface area contributed by atoms with E-state index in [1.54, 1.807) is 18.4 Å². The molecule has 0 bridgehead atoms. The zero-order valence-corrected chi connectivity index (χ0v) is 11.6. The van der Waals surface area contributed by atoms with Crippen molar-refractivity contribution in [1.82, 2.24) is 0 Å². The predicted molar refractivity (Wildman–Crippen MR) is 86.1 cm³/mol. The molecule has 0 saturated heterocycles. The number of hydrogen-bond acceptors (Lipinski definition) is 2. The van der Waals surface area contributed by atoms with Gasteiger partial charge in [0.05, 0.1) is 11.8 Å². The first-order valence-electron chi connectivity index (χ1n) is 6.97. The molecule has 22 heavy (non-hydrogen) atoms. The summed E-state index contributed by atoms with van der Waals surface area (Å²) in [4.78, 5) is 10.9. The zero-order chi connectivity index (χ0) is 15.1. The highest BCUT2D eigenvalue weighted by Gasteiger charge is 2.11. The lowest BCUT2D eigenvalue weighted by Crippen LogP contribution is -1.94. The summed E-state index contributed by atoms with van der Waals surface area (Å²) in [6, 6.07) is 19.0. The maximum absolute atomic E-state index is 10.9. The molecule has 3 nitrogen and oxygen atoms in total. The molecule has 4 rings (SSSR count). The Morgan fingerprint density at radius 3 is 2.41 bits per heavy atom. The van der Waals surface area contributed by atoms with E-state index in [9.17, 15) is 4.79 Å². The highest BCUT2D eigenvalue weighted by molar-refractivity contribution is 6.09. The van der Waals surface area contributed by atoms with Gasteiger partial charge in [-0.1, -0.05) is 42.5 Å². The molecular weight excluding hydrogens is 276 g/mol. The van der Waals surface area contributed by atoms with Gasteiger partial charge in [-0.2, -0.15) is 0 Å². The van der Waals surface area contributed by atoms with Gasteiger partial charge >= 0.3 is 5.97 Å². The summed E-state index contributed by atoms with van der Waals surface area (Å²) in [6.07, 6.45) is 1.73. The number of furan rings is 1. The van der Waals surface area contributed by atoms with Gasteiger partial charge in [0.1, 0.15) is 5.58 Å². The topological polar surface area (TPSA) is 50.4 Å². The number of benzene rings is 3. The van der Waals surface area contributed by atoms with Crippen molar-refractivity contribution in [1.29, 1.82) is 0 Å². The lowest BCUT2D eigenvalue weighted by molar-refractivity contribution is 0.0697. The Hall–Kier alpha value is -3.07. The Morgan fingerprint density at radius 1 is 0.864 bits per heavy atom. The molecule has 0 atom stereocenters. The van der Waals surface area contributed by atoms with Crippen LogP contribution in [0.4, 0.5) is 0 Å². The first-order chi connectivity index (χ1) is 10.7. The van der Waals surface area contributed by atoms with Crippen molar-refractivity contribution < 1.29 is 14.3 Å². The van der Waals surface area contributed by atoms with Crippen LogP contribution in [0.2, 0.25) is 0 Å². The molecule has 0 aliphatic rings. The Labute approximate surface area is 126 Å². The Morgan fingerprint density at radius 2 is 1.64 bits per heavy atom. The van der Waals surface area contributed by atoms with Crippen molar-refractivity contribution in [2.45, 2.75) is 0 Å². The summed E-state index contributed by atoms with van der Waals surface area (Å²) in [7, 11) is 0. The van der Waals surface area contributed by atoms with Crippen LogP contribution in [-0.4, -0.2) is 11.1 Å². The molecule has 0 spiro atoms. The van der Waals surface area contributed by atoms with Gasteiger partial charge in [-0.25, -0.2) is 4.79 Å². The first-order valence-corrected chi connectivity index (χ1v) is 6.97. The van der Waals surface area contributed by atoms with Crippen LogP contribution in [0.3, 0.4) is 0 Å². The second kappa shape index (κ2) is 4.74. The maximum atomic E-state index is 10.9. The van der Waals surface area contributed by atoms with Crippen LogP contribution in [0.25, 0.3) is 32.9 Å². The number of carboxylic acid groups (broad SMARTS) is 1. The smallest absolute Gasteiger partial charge is 0.335 e. The highest BCUT2D eigenvalue weighted by Crippen LogP contribution is 2.34. The van der Waals surface area contributed by atoms with E-state index in [0.29, 0.717) is 0 Å². The molecule has 0 unspecified atom stereocenters. The average Bonchev–Trinajstić information content (AvgIpc) is 2.99. The van der Waals surface area contributed by atoms with E-state index in [1.165, 1.54) is 0 Å². The van der Waals surface area contributed by atoms with E-state index < -0.39 is 5.97 Å². The van der Waals surface area contributed by atoms with Gasteiger partial charge in [-0.15, -0.1) is 0 Å². The molecule has 4 aromatic rings. The summed E-state index contributed by atoms with van der Waals surface area (Å²) in [5.41, 5.74) is 3.05. The third kappa shape index (κ3) is 1.87. The molecule has 3 heteroatoms. The first kappa shape index (κ1) is 12.7. The zero-order valence-electron chi connectivity index (χ0n) is 11.6. The number of carbonyl (C=O) groups is 1. The number of rotatable bonds is 2. The van der Waals surface area contributed by atoms with Gasteiger partial charge in [0.25, 0.3) is 0 Å². The van der Waals surface area contributed by atoms with Crippen LogP contribution >= 0.6 is 0 Å². The van der Waals surface area contributed by atoms with Crippen LogP contribution < -0.4 is 0 Å². The second-order valence-corrected chi connectivity index (χ2v) is 5.20. The molecule has 0 fully saturated rings. The molecule has 0 aliphatic heterocycles. The van der Waals surface area contributed by atoms with Crippen molar-refractivity contribution in [2.24, 2.45) is 0 Å². The number of hydrogen-bond donors (Lipinski definition) is 1. The van der Waals surface area contributed by atoms with E-state index in [2.05, 4.69) is 12.1 Å². The molecule has 1 heterocycles. The number of aromatic carboxylic acids is 1. The fourth-order valence-electron chi connectivity index (χ4n) is 2.78. The predicted octanol–water partition coefficient (Wildman–Crippen LogP) is 4.95. The van der Waals surface area contributed by atoms with Gasteiger partial charge < -0.3 is 9.52 Å². The van der Waals surface area contributed by atoms with E-state index in [1.807, 2.05) is 36.4 Å². The highest BCUT2D eigenvalue weighted by atomic mass is 16.4. The van der Waals surface area contributed by atoms with Gasteiger partial charge in [0.15, 0.2) is 0 Å². The van der Waals surface area contributed by atoms with Crippen molar-refractivity contribution in [2.75, 3.05) is 0 Å². The van der Waals surface area contributed by atoms with Crippen LogP contribution in [0, 0.1) is 0 Å². The Kier molecular flexibility index (Phi) is 2.73. The minimum absolute atomic E-state index is 0.280. The lowest BCUT2D eigenvalue weighted by atomic mass is 10.0. The third-order valence-electron chi connectivity index (χ3n) is 3.91. The largest absolute Gasteiger partial charge is 0.478 e. The van der Waals surface area contributed by atoms with Gasteiger partial charge in [-0.05, 0) is 29.1 Å². The number of carboxylic acids is 1. The molecule has 106 valence electrons. The SMILES string of the molecule is O=C(O)c1ccc(-c2coc3c2ccc2ccccc23)cc1. The van der Waals surface area contributed by atoms with Gasteiger partial charge in [0, 0.05) is 16.3 Å². The maximum Gasteiger partial charge on any atom is 0.335 e. The van der Waals surface area contributed by atoms with Gasteiger partial charge in [-0.3, -0.25) is 0 Å². The molecule has 0 aliphatic carbocycles. The fourth-order valence-corrected chi connectivity index (χ4v) is 2.78. The summed E-state index contributed by atoms with van der Waals surface area (Å²) in [6.45, 7) is 0. The van der Waals surface area contributed by atoms with Crippen molar-refractivity contribution in [3.05, 3.63) is 72.5 Å². The van der Waals surface area contributed by atoms with E-state index in [4.69, 9.17) is 9.52 Å². The van der Waals surface area contributed by atoms with Crippen LogP contribution in [0.1, 0.15) is 10.4 Å². The normalized spacial score (nSPS) is 11.1. The minimum Gasteiger partial charge on any atom is -0.478 e. The van der Waals surface area contributed by atoms with Crippen molar-refractivity contribution >= 4 is 27.7 Å². The quantitative estimate of drug-likeness (QED) is 0.567. The lowest BCUT2D eigenvalue weighted by Gasteiger charge is -2.01. The standard InChI is InChI=1S/C19H12O3/c20-19(21)14-7-5-13(6-8-14)17-11-22-18-15-4-2-1-3-12(15)9-10-16(17)18/h1-11H,(H,20,21). The third-order valence-corrected chi connectivity index (χ3v) is 3.91. The number of fused-ring (bicyclic) bond motifs is 3. The van der Waals surface area contributed by atoms with Crippen molar-refractivity contribution in [3.63, 3.8) is 0 Å². The molecule has 0 radical (unpaired) electrons. The molecule has 3 aromatic carbocycles. The van der Waals surface area contributed by atoms with Crippen LogP contribution in [0.15, 0.2) is 71.3 Å². The molecule has 0 saturated carbocycles. The van der Waals surface area contributed by atoms with Gasteiger partial charge in [0.2, 0.25) is 0 Å². The summed E-state index contributed by atoms with van der Waals surface area (Å²) in [5.74, 6) is -0.922. The van der Waals surface area contributed by atoms with E-state index >= 15 is 0 Å². The van der Waals surface area contributed by atoms with E-state index in [0.717, 1.165) is 32.9 Å². The second-order valence-electron chi connectivity index (χ2n) is 5.20. The minimum atomic E-state index is -0.922. The van der Waals surface area contributed by atoms with Crippen LogP contribution in [0.5, 0.6) is 0 Å². The molecule has 1 aromatic heterocycles. The molecule has 0 amide bonds. The average molecular weight is 288 g/mol. The summed E-state index contributed by atoms with van der Waals surface area (Å²) < 4.78 is 5.78. The molecular formula is C19H12O3. The fraction of sp³-hybridized carbons (Fsp3) is 0. The van der Waals surface area contributed by atoms with E-state index in [-0.39, 0.29) is 5.56 Å². The summed E-state index contributed by atoms with van der Waals surface area (Å²) >= 11 is 0. The molecule has 1 N–H and O–H groups in total.